The first-order valence-corrected chi connectivity index (χ1v) is 8.27. The molecule has 6 nitrogen and oxygen atoms in total. The number of ether oxygens (including phenoxy) is 2. The van der Waals surface area contributed by atoms with Crippen molar-refractivity contribution < 1.29 is 23.5 Å². The molecule has 0 N–H and O–H groups in total. The van der Waals surface area contributed by atoms with E-state index in [0.29, 0.717) is 13.2 Å². The summed E-state index contributed by atoms with van der Waals surface area (Å²) >= 11 is 0. The van der Waals surface area contributed by atoms with Crippen molar-refractivity contribution in [2.75, 3.05) is 26.2 Å². The number of morpholine rings is 1. The summed E-state index contributed by atoms with van der Waals surface area (Å²) in [4.78, 5) is 27.7. The molecular formula is C16H25FN2O4. The summed E-state index contributed by atoms with van der Waals surface area (Å²) in [6, 6.07) is 0.0176. The number of amides is 2. The largest absolute Gasteiger partial charge is 0.444 e. The number of alkyl halides is 1. The van der Waals surface area contributed by atoms with E-state index in [9.17, 15) is 9.59 Å². The molecule has 3 saturated heterocycles. The second-order valence-electron chi connectivity index (χ2n) is 7.74. The van der Waals surface area contributed by atoms with Crippen LogP contribution in [-0.4, -0.2) is 71.5 Å². The van der Waals surface area contributed by atoms with E-state index < -0.39 is 23.3 Å². The highest BCUT2D eigenvalue weighted by Crippen LogP contribution is 2.35. The van der Waals surface area contributed by atoms with Crippen LogP contribution < -0.4 is 0 Å². The molecule has 3 heterocycles. The first-order valence-electron chi connectivity index (χ1n) is 8.27. The van der Waals surface area contributed by atoms with Crippen LogP contribution in [0, 0.1) is 0 Å². The molecule has 0 aromatic heterocycles. The zero-order valence-corrected chi connectivity index (χ0v) is 14.0. The van der Waals surface area contributed by atoms with E-state index in [-0.39, 0.29) is 38.1 Å². The Morgan fingerprint density at radius 1 is 1.26 bits per heavy atom. The van der Waals surface area contributed by atoms with Crippen LogP contribution in [0.1, 0.15) is 40.0 Å². The minimum Gasteiger partial charge on any atom is -0.444 e. The molecule has 2 amide bonds. The second kappa shape index (κ2) is 5.61. The number of hydrogen-bond acceptors (Lipinski definition) is 4. The Bertz CT molecular complexity index is 497. The predicted octanol–water partition coefficient (Wildman–Crippen LogP) is 1.73. The third kappa shape index (κ3) is 3.29. The van der Waals surface area contributed by atoms with E-state index in [1.807, 2.05) is 0 Å². The Balaban J connectivity index is 1.57. The van der Waals surface area contributed by atoms with Gasteiger partial charge in [0.2, 0.25) is 0 Å². The molecule has 3 aliphatic heterocycles. The number of likely N-dealkylation sites (tertiary alicyclic amines) is 2. The highest BCUT2D eigenvalue weighted by Gasteiger charge is 2.51. The van der Waals surface area contributed by atoms with Crippen molar-refractivity contribution in [2.24, 2.45) is 0 Å². The molecule has 130 valence electrons. The predicted molar refractivity (Wildman–Crippen MR) is 80.7 cm³/mol. The molecule has 0 aromatic rings. The SMILES string of the molecule is CC(C)(C)OC(=O)N1CCC(F)(C(=O)N2C[C@H]3C[C@@H]2CO3)CC1. The Labute approximate surface area is 135 Å². The lowest BCUT2D eigenvalue weighted by Gasteiger charge is -2.39. The fourth-order valence-corrected chi connectivity index (χ4v) is 3.49. The van der Waals surface area contributed by atoms with Crippen LogP contribution in [0.4, 0.5) is 9.18 Å². The summed E-state index contributed by atoms with van der Waals surface area (Å²) in [5.41, 5.74) is -2.45. The van der Waals surface area contributed by atoms with Gasteiger partial charge in [-0.15, -0.1) is 0 Å². The van der Waals surface area contributed by atoms with E-state index >= 15 is 4.39 Å². The highest BCUT2D eigenvalue weighted by molar-refractivity contribution is 5.86. The molecule has 23 heavy (non-hydrogen) atoms. The second-order valence-corrected chi connectivity index (χ2v) is 7.74. The van der Waals surface area contributed by atoms with Crippen LogP contribution >= 0.6 is 0 Å². The Kier molecular flexibility index (Phi) is 4.02. The van der Waals surface area contributed by atoms with Crippen molar-refractivity contribution in [3.63, 3.8) is 0 Å². The maximum Gasteiger partial charge on any atom is 0.410 e. The van der Waals surface area contributed by atoms with Gasteiger partial charge in [0.05, 0.1) is 18.8 Å². The van der Waals surface area contributed by atoms with E-state index in [1.165, 1.54) is 4.90 Å². The number of fused-ring (bicyclic) bond motifs is 2. The van der Waals surface area contributed by atoms with Crippen LogP contribution in [0.15, 0.2) is 0 Å². The van der Waals surface area contributed by atoms with Crippen molar-refractivity contribution in [1.82, 2.24) is 9.80 Å². The van der Waals surface area contributed by atoms with Crippen molar-refractivity contribution in [1.29, 1.82) is 0 Å². The lowest BCUT2D eigenvalue weighted by atomic mass is 9.91. The maximum absolute atomic E-state index is 15.1. The van der Waals surface area contributed by atoms with Gasteiger partial charge in [-0.1, -0.05) is 0 Å². The van der Waals surface area contributed by atoms with Gasteiger partial charge in [-0.05, 0) is 27.2 Å². The zero-order chi connectivity index (χ0) is 16.8. The molecule has 3 rings (SSSR count). The van der Waals surface area contributed by atoms with E-state index in [1.54, 1.807) is 25.7 Å². The first kappa shape index (κ1) is 16.5. The number of hydrogen-bond donors (Lipinski definition) is 0. The molecule has 0 radical (unpaired) electrons. The molecule has 7 heteroatoms. The summed E-state index contributed by atoms with van der Waals surface area (Å²) in [7, 11) is 0. The molecule has 0 saturated carbocycles. The quantitative estimate of drug-likeness (QED) is 0.735. The van der Waals surface area contributed by atoms with Crippen LogP contribution in [0.5, 0.6) is 0 Å². The third-order valence-electron chi connectivity index (χ3n) is 4.75. The third-order valence-corrected chi connectivity index (χ3v) is 4.75. The molecule has 3 fully saturated rings. The number of carbonyl (C=O) groups excluding carboxylic acids is 2. The number of carbonyl (C=O) groups is 2. The molecule has 0 aromatic carbocycles. The topological polar surface area (TPSA) is 59.1 Å². The summed E-state index contributed by atoms with van der Waals surface area (Å²) in [6.07, 6.45) is 0.487. The number of piperidine rings is 1. The van der Waals surface area contributed by atoms with Crippen molar-refractivity contribution in [2.45, 2.75) is 63.4 Å². The summed E-state index contributed by atoms with van der Waals surface area (Å²) in [5, 5.41) is 0. The minimum atomic E-state index is -1.87. The van der Waals surface area contributed by atoms with Gasteiger partial charge in [-0.25, -0.2) is 9.18 Å². The fraction of sp³-hybridized carbons (Fsp3) is 0.875. The van der Waals surface area contributed by atoms with E-state index in [0.717, 1.165) is 6.42 Å². The average molecular weight is 328 g/mol. The minimum absolute atomic E-state index is 0.0176. The smallest absolute Gasteiger partial charge is 0.410 e. The van der Waals surface area contributed by atoms with Gasteiger partial charge in [-0.3, -0.25) is 4.79 Å². The molecule has 0 aliphatic carbocycles. The number of halogens is 1. The zero-order valence-electron chi connectivity index (χ0n) is 14.0. The molecule has 2 atom stereocenters. The summed E-state index contributed by atoms with van der Waals surface area (Å²) < 4.78 is 25.9. The van der Waals surface area contributed by atoms with Crippen LogP contribution in [-0.2, 0) is 14.3 Å². The van der Waals surface area contributed by atoms with Crippen LogP contribution in [0.2, 0.25) is 0 Å². The van der Waals surface area contributed by atoms with Gasteiger partial charge >= 0.3 is 6.09 Å². The number of rotatable bonds is 1. The van der Waals surface area contributed by atoms with Gasteiger partial charge in [0, 0.05) is 32.5 Å². The summed E-state index contributed by atoms with van der Waals surface area (Å²) in [5.74, 6) is -0.433. The van der Waals surface area contributed by atoms with Crippen LogP contribution in [0.25, 0.3) is 0 Å². The van der Waals surface area contributed by atoms with Crippen molar-refractivity contribution in [3.8, 4) is 0 Å². The first-order chi connectivity index (χ1) is 10.7. The highest BCUT2D eigenvalue weighted by atomic mass is 19.1. The maximum atomic E-state index is 15.1. The van der Waals surface area contributed by atoms with Gasteiger partial charge in [-0.2, -0.15) is 0 Å². The van der Waals surface area contributed by atoms with Gasteiger partial charge < -0.3 is 19.3 Å². The van der Waals surface area contributed by atoms with Gasteiger partial charge in [0.15, 0.2) is 5.67 Å². The molecule has 2 bridgehead atoms. The average Bonchev–Trinajstić information content (AvgIpc) is 3.08. The van der Waals surface area contributed by atoms with E-state index in [4.69, 9.17) is 9.47 Å². The molecule has 0 spiro atoms. The van der Waals surface area contributed by atoms with Gasteiger partial charge in [0.25, 0.3) is 5.91 Å². The molecule has 0 unspecified atom stereocenters. The lowest BCUT2D eigenvalue weighted by Crippen LogP contribution is -2.56. The standard InChI is InChI=1S/C16H25FN2O4/c1-15(2,3)23-14(21)18-6-4-16(17,5-7-18)13(20)19-9-12-8-11(19)10-22-12/h11-12H,4-10H2,1-3H3/t11-,12-/m1/s1. The monoisotopic (exact) mass is 328 g/mol. The fourth-order valence-electron chi connectivity index (χ4n) is 3.49. The number of nitrogens with zero attached hydrogens (tertiary/aromatic N) is 2. The van der Waals surface area contributed by atoms with E-state index in [2.05, 4.69) is 0 Å². The normalized spacial score (nSPS) is 29.7. The summed E-state index contributed by atoms with van der Waals surface area (Å²) in [6.45, 7) is 6.79. The Hall–Kier alpha value is -1.37. The van der Waals surface area contributed by atoms with Crippen molar-refractivity contribution in [3.05, 3.63) is 0 Å². The Morgan fingerprint density at radius 3 is 2.39 bits per heavy atom. The van der Waals surface area contributed by atoms with Crippen molar-refractivity contribution >= 4 is 12.0 Å². The van der Waals surface area contributed by atoms with Crippen LogP contribution in [0.3, 0.4) is 0 Å². The van der Waals surface area contributed by atoms with Gasteiger partial charge in [0.1, 0.15) is 5.60 Å². The molecular weight excluding hydrogens is 303 g/mol. The lowest BCUT2D eigenvalue weighted by molar-refractivity contribution is -0.151. The molecule has 3 aliphatic rings. The Morgan fingerprint density at radius 2 is 1.91 bits per heavy atom.